The number of carbonyl (C=O) groups excluding carboxylic acids is 1. The first-order valence-corrected chi connectivity index (χ1v) is 9.49. The summed E-state index contributed by atoms with van der Waals surface area (Å²) in [7, 11) is 0. The molecular weight excluding hydrogens is 360 g/mol. The van der Waals surface area contributed by atoms with Gasteiger partial charge in [0.05, 0.1) is 9.09 Å². The number of thiophene rings is 1. The number of nitrogens with one attached hydrogen (secondary N) is 1. The van der Waals surface area contributed by atoms with Gasteiger partial charge in [0.15, 0.2) is 0 Å². The maximum atomic E-state index is 12.3. The highest BCUT2D eigenvalue weighted by Gasteiger charge is 2.10. The average molecular weight is 375 g/mol. The Labute approximate surface area is 154 Å². The highest BCUT2D eigenvalue weighted by molar-refractivity contribution is 8.00. The first-order chi connectivity index (χ1) is 11.6. The fourth-order valence-corrected chi connectivity index (χ4v) is 4.18. The van der Waals surface area contributed by atoms with Crippen LogP contribution in [-0.4, -0.2) is 10.9 Å². The molecule has 3 aromatic rings. The van der Waals surface area contributed by atoms with Crippen molar-refractivity contribution in [3.05, 3.63) is 75.9 Å². The Morgan fingerprint density at radius 3 is 2.75 bits per heavy atom. The van der Waals surface area contributed by atoms with Gasteiger partial charge < -0.3 is 5.32 Å². The second-order valence-corrected chi connectivity index (χ2v) is 7.95. The molecule has 0 unspecified atom stereocenters. The molecule has 0 bridgehead atoms. The van der Waals surface area contributed by atoms with E-state index in [0.29, 0.717) is 15.6 Å². The van der Waals surface area contributed by atoms with Crippen LogP contribution in [0.1, 0.15) is 20.8 Å². The van der Waals surface area contributed by atoms with Gasteiger partial charge in [0, 0.05) is 28.9 Å². The first-order valence-electron chi connectivity index (χ1n) is 7.31. The van der Waals surface area contributed by atoms with Crippen LogP contribution in [0.15, 0.2) is 59.1 Å². The molecule has 1 aromatic carbocycles. The Kier molecular flexibility index (Phi) is 5.56. The lowest BCUT2D eigenvalue weighted by Gasteiger charge is -2.05. The number of carbonyl (C=O) groups is 1. The van der Waals surface area contributed by atoms with Gasteiger partial charge in [-0.1, -0.05) is 17.7 Å². The van der Waals surface area contributed by atoms with E-state index in [0.717, 1.165) is 15.5 Å². The van der Waals surface area contributed by atoms with E-state index >= 15 is 0 Å². The van der Waals surface area contributed by atoms with Gasteiger partial charge in [-0.25, -0.2) is 0 Å². The maximum Gasteiger partial charge on any atom is 0.265 e. The van der Waals surface area contributed by atoms with Crippen molar-refractivity contribution >= 4 is 46.3 Å². The monoisotopic (exact) mass is 374 g/mol. The third-order valence-corrected chi connectivity index (χ3v) is 6.15. The number of hydrogen-bond donors (Lipinski definition) is 1. The van der Waals surface area contributed by atoms with E-state index < -0.39 is 0 Å². The molecule has 1 N–H and O–H groups in total. The number of hydrogen-bond acceptors (Lipinski definition) is 4. The molecule has 1 amide bonds. The van der Waals surface area contributed by atoms with Crippen molar-refractivity contribution in [1.29, 1.82) is 0 Å². The lowest BCUT2D eigenvalue weighted by Crippen LogP contribution is -2.09. The van der Waals surface area contributed by atoms with Crippen LogP contribution in [0, 0.1) is 6.92 Å². The topological polar surface area (TPSA) is 42.0 Å². The van der Waals surface area contributed by atoms with E-state index in [1.54, 1.807) is 30.2 Å². The van der Waals surface area contributed by atoms with Crippen LogP contribution in [0.4, 0.5) is 5.69 Å². The molecule has 3 nitrogen and oxygen atoms in total. The molecule has 0 aliphatic heterocycles. The third kappa shape index (κ3) is 4.38. The van der Waals surface area contributed by atoms with Crippen molar-refractivity contribution in [3.63, 3.8) is 0 Å². The number of thioether (sulfide) groups is 1. The van der Waals surface area contributed by atoms with E-state index in [1.165, 1.54) is 16.9 Å². The Bertz CT molecular complexity index is 849. The molecule has 0 atom stereocenters. The summed E-state index contributed by atoms with van der Waals surface area (Å²) in [6, 6.07) is 13.3. The molecule has 122 valence electrons. The fraction of sp³-hybridized carbons (Fsp3) is 0.111. The van der Waals surface area contributed by atoms with Gasteiger partial charge in [0.2, 0.25) is 0 Å². The number of aryl methyl sites for hydroxylation is 1. The largest absolute Gasteiger partial charge is 0.321 e. The van der Waals surface area contributed by atoms with E-state index in [1.807, 2.05) is 43.3 Å². The zero-order chi connectivity index (χ0) is 16.9. The number of aromatic nitrogens is 1. The standard InChI is InChI=1S/C18H15ClN2OS2/c1-12-2-3-14(10-15(12)19)21-18(22)16-4-5-17(24-16)23-11-13-6-8-20-9-7-13/h2-10H,11H2,1H3,(H,21,22). The van der Waals surface area contributed by atoms with E-state index in [4.69, 9.17) is 11.6 Å². The first kappa shape index (κ1) is 17.0. The van der Waals surface area contributed by atoms with Gasteiger partial charge in [-0.3, -0.25) is 9.78 Å². The normalized spacial score (nSPS) is 10.6. The third-order valence-electron chi connectivity index (χ3n) is 3.37. The quantitative estimate of drug-likeness (QED) is 0.587. The molecule has 0 saturated heterocycles. The molecule has 6 heteroatoms. The Morgan fingerprint density at radius 2 is 2.00 bits per heavy atom. The minimum atomic E-state index is -0.115. The van der Waals surface area contributed by atoms with Crippen LogP contribution < -0.4 is 5.32 Å². The summed E-state index contributed by atoms with van der Waals surface area (Å²) in [5.41, 5.74) is 2.90. The van der Waals surface area contributed by atoms with Crippen LogP contribution in [-0.2, 0) is 5.75 Å². The number of rotatable bonds is 5. The van der Waals surface area contributed by atoms with Crippen molar-refractivity contribution in [1.82, 2.24) is 4.98 Å². The zero-order valence-electron chi connectivity index (χ0n) is 13.0. The van der Waals surface area contributed by atoms with Gasteiger partial charge >= 0.3 is 0 Å². The van der Waals surface area contributed by atoms with Gasteiger partial charge in [0.1, 0.15) is 0 Å². The second kappa shape index (κ2) is 7.83. The molecule has 2 heterocycles. The minimum absolute atomic E-state index is 0.115. The van der Waals surface area contributed by atoms with Crippen LogP contribution in [0.3, 0.4) is 0 Å². The van der Waals surface area contributed by atoms with E-state index in [-0.39, 0.29) is 5.91 Å². The number of amides is 1. The van der Waals surface area contributed by atoms with Crippen LogP contribution >= 0.6 is 34.7 Å². The molecule has 0 aliphatic carbocycles. The van der Waals surface area contributed by atoms with Gasteiger partial charge in [-0.15, -0.1) is 23.1 Å². The molecule has 2 aromatic heterocycles. The van der Waals surface area contributed by atoms with Gasteiger partial charge in [0.25, 0.3) is 5.91 Å². The lowest BCUT2D eigenvalue weighted by atomic mass is 10.2. The highest BCUT2D eigenvalue weighted by atomic mass is 35.5. The fourth-order valence-electron chi connectivity index (χ4n) is 2.02. The minimum Gasteiger partial charge on any atom is -0.321 e. The summed E-state index contributed by atoms with van der Waals surface area (Å²) in [5.74, 6) is 0.744. The number of nitrogens with zero attached hydrogens (tertiary/aromatic N) is 1. The van der Waals surface area contributed by atoms with Gasteiger partial charge in [-0.2, -0.15) is 0 Å². The predicted octanol–water partition coefficient (Wildman–Crippen LogP) is 5.65. The number of halogens is 1. The summed E-state index contributed by atoms with van der Waals surface area (Å²) in [6.45, 7) is 1.93. The van der Waals surface area contributed by atoms with Crippen molar-refractivity contribution in [2.45, 2.75) is 16.9 Å². The average Bonchev–Trinajstić information content (AvgIpc) is 3.06. The predicted molar refractivity (Wildman–Crippen MR) is 102 cm³/mol. The number of benzene rings is 1. The van der Waals surface area contributed by atoms with E-state index in [9.17, 15) is 4.79 Å². The molecule has 0 aliphatic rings. The highest BCUT2D eigenvalue weighted by Crippen LogP contribution is 2.30. The molecule has 0 spiro atoms. The summed E-state index contributed by atoms with van der Waals surface area (Å²) in [6.07, 6.45) is 3.58. The van der Waals surface area contributed by atoms with Crippen LogP contribution in [0.5, 0.6) is 0 Å². The van der Waals surface area contributed by atoms with Crippen molar-refractivity contribution in [2.75, 3.05) is 5.32 Å². The van der Waals surface area contributed by atoms with Crippen molar-refractivity contribution in [3.8, 4) is 0 Å². The number of pyridine rings is 1. The summed E-state index contributed by atoms with van der Waals surface area (Å²) >= 11 is 9.29. The Balaban J connectivity index is 1.62. The van der Waals surface area contributed by atoms with Crippen molar-refractivity contribution < 1.29 is 4.79 Å². The maximum absolute atomic E-state index is 12.3. The Morgan fingerprint density at radius 1 is 1.21 bits per heavy atom. The summed E-state index contributed by atoms with van der Waals surface area (Å²) in [5, 5.41) is 3.53. The second-order valence-electron chi connectivity index (χ2n) is 5.18. The smallest absolute Gasteiger partial charge is 0.265 e. The van der Waals surface area contributed by atoms with Crippen molar-refractivity contribution in [2.24, 2.45) is 0 Å². The number of anilines is 1. The van der Waals surface area contributed by atoms with Crippen LogP contribution in [0.25, 0.3) is 0 Å². The zero-order valence-corrected chi connectivity index (χ0v) is 15.3. The Hall–Kier alpha value is -1.82. The molecular formula is C18H15ClN2OS2. The molecule has 0 saturated carbocycles. The van der Waals surface area contributed by atoms with Crippen LogP contribution in [0.2, 0.25) is 5.02 Å². The SMILES string of the molecule is Cc1ccc(NC(=O)c2ccc(SCc3ccncc3)s2)cc1Cl. The van der Waals surface area contributed by atoms with E-state index in [2.05, 4.69) is 10.3 Å². The lowest BCUT2D eigenvalue weighted by molar-refractivity contribution is 0.103. The summed E-state index contributed by atoms with van der Waals surface area (Å²) in [4.78, 5) is 17.0. The molecule has 3 rings (SSSR count). The molecule has 0 radical (unpaired) electrons. The molecule has 24 heavy (non-hydrogen) atoms. The molecule has 0 fully saturated rings. The van der Waals surface area contributed by atoms with Gasteiger partial charge in [-0.05, 0) is 54.4 Å². The summed E-state index contributed by atoms with van der Waals surface area (Å²) < 4.78 is 1.11.